The Morgan fingerprint density at radius 1 is 1.30 bits per heavy atom. The molecule has 3 aliphatic rings. The van der Waals surface area contributed by atoms with Gasteiger partial charge in [-0.15, -0.1) is 0 Å². The lowest BCUT2D eigenvalue weighted by atomic mass is 9.90. The Labute approximate surface area is 180 Å². The summed E-state index contributed by atoms with van der Waals surface area (Å²) in [6.07, 6.45) is 9.62. The number of rotatable bonds is 7. The molecular weight excluding hydrogens is 378 g/mol. The van der Waals surface area contributed by atoms with Crippen molar-refractivity contribution in [1.29, 1.82) is 0 Å². The van der Waals surface area contributed by atoms with Gasteiger partial charge in [0.25, 0.3) is 5.91 Å². The molecule has 6 heteroatoms. The van der Waals surface area contributed by atoms with Crippen molar-refractivity contribution in [3.8, 4) is 11.8 Å². The maximum Gasteiger partial charge on any atom is 0.273 e. The van der Waals surface area contributed by atoms with Crippen molar-refractivity contribution in [1.82, 2.24) is 15.4 Å². The quantitative estimate of drug-likeness (QED) is 0.545. The summed E-state index contributed by atoms with van der Waals surface area (Å²) in [5.74, 6) is 8.35. The van der Waals surface area contributed by atoms with Crippen LogP contribution in [0.3, 0.4) is 0 Å². The van der Waals surface area contributed by atoms with E-state index in [0.717, 1.165) is 31.6 Å². The molecule has 1 aromatic rings. The van der Waals surface area contributed by atoms with Gasteiger partial charge in [-0.1, -0.05) is 36.3 Å². The maximum atomic E-state index is 12.6. The van der Waals surface area contributed by atoms with Gasteiger partial charge in [-0.2, -0.15) is 0 Å². The number of carbonyl (C=O) groups is 1. The number of amides is 1. The zero-order valence-electron chi connectivity index (χ0n) is 18.4. The highest BCUT2D eigenvalue weighted by atomic mass is 16.5. The first-order chi connectivity index (χ1) is 14.6. The van der Waals surface area contributed by atoms with Gasteiger partial charge in [0.2, 0.25) is 0 Å². The van der Waals surface area contributed by atoms with E-state index >= 15 is 0 Å². The zero-order valence-corrected chi connectivity index (χ0v) is 18.4. The molecule has 0 aromatic carbocycles. The van der Waals surface area contributed by atoms with Crippen LogP contribution in [0.2, 0.25) is 0 Å². The molecule has 2 aliphatic carbocycles. The van der Waals surface area contributed by atoms with E-state index in [1.165, 1.54) is 32.1 Å². The normalized spacial score (nSPS) is 25.3. The van der Waals surface area contributed by atoms with Crippen molar-refractivity contribution in [3.05, 3.63) is 17.5 Å². The smallest absolute Gasteiger partial charge is 0.273 e. The standard InChI is InChI=1S/C24H35N3O3/c1-17(2)27-15-20(25-24(28)22-14-23(30-26-22)19-10-11-19)13-21(27)16-29-12-6-9-18-7-4-3-5-8-18/h14,17-21H,3-5,7-8,10-13,15-16H2,1-2H3,(H,25,28)/t20-,21+/m1/s1. The monoisotopic (exact) mass is 413 g/mol. The molecule has 2 saturated carbocycles. The predicted octanol–water partition coefficient (Wildman–Crippen LogP) is 3.73. The van der Waals surface area contributed by atoms with E-state index in [4.69, 9.17) is 9.26 Å². The molecule has 1 aliphatic heterocycles. The molecule has 1 saturated heterocycles. The molecule has 1 aromatic heterocycles. The topological polar surface area (TPSA) is 67.6 Å². The summed E-state index contributed by atoms with van der Waals surface area (Å²) >= 11 is 0. The lowest BCUT2D eigenvalue weighted by Crippen LogP contribution is -2.40. The summed E-state index contributed by atoms with van der Waals surface area (Å²) in [6, 6.07) is 2.60. The molecule has 2 atom stereocenters. The molecule has 1 N–H and O–H groups in total. The molecule has 1 amide bonds. The van der Waals surface area contributed by atoms with Crippen molar-refractivity contribution in [2.75, 3.05) is 19.8 Å². The summed E-state index contributed by atoms with van der Waals surface area (Å²) in [5, 5.41) is 7.10. The zero-order chi connectivity index (χ0) is 20.9. The van der Waals surface area contributed by atoms with Gasteiger partial charge >= 0.3 is 0 Å². The average molecular weight is 414 g/mol. The Kier molecular flexibility index (Phi) is 7.12. The summed E-state index contributed by atoms with van der Waals surface area (Å²) in [4.78, 5) is 15.0. The van der Waals surface area contributed by atoms with E-state index < -0.39 is 0 Å². The highest BCUT2D eigenvalue weighted by Crippen LogP contribution is 2.40. The van der Waals surface area contributed by atoms with Gasteiger partial charge in [0, 0.05) is 42.6 Å². The van der Waals surface area contributed by atoms with Crippen LogP contribution in [0.1, 0.15) is 87.4 Å². The first kappa shape index (κ1) is 21.4. The Bertz CT molecular complexity index is 768. The van der Waals surface area contributed by atoms with Gasteiger partial charge in [-0.3, -0.25) is 9.69 Å². The molecule has 2 heterocycles. The molecular formula is C24H35N3O3. The highest BCUT2D eigenvalue weighted by Gasteiger charge is 2.35. The summed E-state index contributed by atoms with van der Waals surface area (Å²) in [7, 11) is 0. The molecule has 6 nitrogen and oxygen atoms in total. The van der Waals surface area contributed by atoms with E-state index in [1.54, 1.807) is 6.07 Å². The molecule has 0 unspecified atom stereocenters. The van der Waals surface area contributed by atoms with Gasteiger partial charge in [-0.05, 0) is 46.0 Å². The summed E-state index contributed by atoms with van der Waals surface area (Å²) in [5.41, 5.74) is 0.394. The van der Waals surface area contributed by atoms with Gasteiger partial charge < -0.3 is 14.6 Å². The minimum absolute atomic E-state index is 0.0999. The highest BCUT2D eigenvalue weighted by molar-refractivity contribution is 5.92. The van der Waals surface area contributed by atoms with E-state index in [2.05, 4.69) is 41.1 Å². The summed E-state index contributed by atoms with van der Waals surface area (Å²) < 4.78 is 11.2. The number of hydrogen-bond donors (Lipinski definition) is 1. The third-order valence-electron chi connectivity index (χ3n) is 6.59. The van der Waals surface area contributed by atoms with Crippen LogP contribution in [-0.4, -0.2) is 53.8 Å². The van der Waals surface area contributed by atoms with Crippen LogP contribution >= 0.6 is 0 Å². The molecule has 4 rings (SSSR count). The fraction of sp³-hybridized carbons (Fsp3) is 0.750. The van der Waals surface area contributed by atoms with Crippen molar-refractivity contribution >= 4 is 5.91 Å². The van der Waals surface area contributed by atoms with E-state index in [1.807, 2.05) is 0 Å². The third-order valence-corrected chi connectivity index (χ3v) is 6.59. The van der Waals surface area contributed by atoms with Gasteiger partial charge in [0.05, 0.1) is 6.61 Å². The van der Waals surface area contributed by atoms with Crippen LogP contribution < -0.4 is 5.32 Å². The van der Waals surface area contributed by atoms with Crippen LogP contribution in [-0.2, 0) is 4.74 Å². The van der Waals surface area contributed by atoms with Gasteiger partial charge in [0.15, 0.2) is 5.69 Å². The Hall–Kier alpha value is -1.84. The second-order valence-corrected chi connectivity index (χ2v) is 9.41. The number of ether oxygens (including phenoxy) is 1. The largest absolute Gasteiger partial charge is 0.367 e. The number of hydrogen-bond acceptors (Lipinski definition) is 5. The van der Waals surface area contributed by atoms with E-state index in [9.17, 15) is 4.79 Å². The lowest BCUT2D eigenvalue weighted by Gasteiger charge is -2.27. The molecule has 0 spiro atoms. The van der Waals surface area contributed by atoms with Crippen LogP contribution in [0.25, 0.3) is 0 Å². The Morgan fingerprint density at radius 2 is 2.10 bits per heavy atom. The second kappa shape index (κ2) is 9.98. The first-order valence-electron chi connectivity index (χ1n) is 11.7. The fourth-order valence-electron chi connectivity index (χ4n) is 4.74. The van der Waals surface area contributed by atoms with Gasteiger partial charge in [0.1, 0.15) is 12.4 Å². The van der Waals surface area contributed by atoms with Crippen molar-refractivity contribution < 1.29 is 14.1 Å². The average Bonchev–Trinajstić information content (AvgIpc) is 3.32. The van der Waals surface area contributed by atoms with Crippen LogP contribution in [0, 0.1) is 17.8 Å². The number of nitrogens with zero attached hydrogens (tertiary/aromatic N) is 2. The van der Waals surface area contributed by atoms with E-state index in [0.29, 0.717) is 42.8 Å². The Balaban J connectivity index is 1.23. The van der Waals surface area contributed by atoms with Crippen LogP contribution in [0.4, 0.5) is 0 Å². The lowest BCUT2D eigenvalue weighted by molar-refractivity contribution is 0.0828. The summed E-state index contributed by atoms with van der Waals surface area (Å²) in [6.45, 7) is 6.37. The molecule has 30 heavy (non-hydrogen) atoms. The van der Waals surface area contributed by atoms with Crippen LogP contribution in [0.5, 0.6) is 0 Å². The third kappa shape index (κ3) is 5.65. The van der Waals surface area contributed by atoms with Gasteiger partial charge in [-0.25, -0.2) is 0 Å². The molecule has 3 fully saturated rings. The number of aromatic nitrogens is 1. The van der Waals surface area contributed by atoms with Crippen molar-refractivity contribution in [2.45, 2.75) is 89.3 Å². The minimum atomic E-state index is -0.140. The molecule has 0 bridgehead atoms. The van der Waals surface area contributed by atoms with E-state index in [-0.39, 0.29) is 11.9 Å². The van der Waals surface area contributed by atoms with Crippen LogP contribution in [0.15, 0.2) is 10.6 Å². The fourth-order valence-corrected chi connectivity index (χ4v) is 4.74. The second-order valence-electron chi connectivity index (χ2n) is 9.41. The molecule has 164 valence electrons. The Morgan fingerprint density at radius 3 is 2.83 bits per heavy atom. The molecule has 0 radical (unpaired) electrons. The van der Waals surface area contributed by atoms with Crippen molar-refractivity contribution in [3.63, 3.8) is 0 Å². The maximum absolute atomic E-state index is 12.6. The van der Waals surface area contributed by atoms with Crippen molar-refractivity contribution in [2.24, 2.45) is 5.92 Å². The number of likely N-dealkylation sites (tertiary alicyclic amines) is 1. The minimum Gasteiger partial charge on any atom is -0.367 e. The number of nitrogens with one attached hydrogen (secondary N) is 1. The first-order valence-corrected chi connectivity index (χ1v) is 11.7. The SMILES string of the molecule is CC(C)N1C[C@H](NC(=O)c2cc(C3CC3)on2)C[C@H]1COCC#CC1CCCCC1. The predicted molar refractivity (Wildman–Crippen MR) is 115 cm³/mol. The number of carbonyl (C=O) groups excluding carboxylic acids is 1.